The summed E-state index contributed by atoms with van der Waals surface area (Å²) in [6, 6.07) is 0. The smallest absolute Gasteiger partial charge is 0.285 e. The summed E-state index contributed by atoms with van der Waals surface area (Å²) in [5.74, 6) is -0.967. The predicted octanol–water partition coefficient (Wildman–Crippen LogP) is 1.80. The van der Waals surface area contributed by atoms with Gasteiger partial charge in [-0.25, -0.2) is 0 Å². The Morgan fingerprint density at radius 3 is 1.71 bits per heavy atom. The first-order valence-electron chi connectivity index (χ1n) is 6.23. The van der Waals surface area contributed by atoms with Gasteiger partial charge in [-0.15, -0.1) is 0 Å². The van der Waals surface area contributed by atoms with Gasteiger partial charge in [-0.3, -0.25) is 0 Å². The maximum absolute atomic E-state index is 5.56. The van der Waals surface area contributed by atoms with E-state index in [1.165, 1.54) is 0 Å². The minimum absolute atomic E-state index is 0.517. The number of ether oxygens (including phenoxy) is 5. The summed E-state index contributed by atoms with van der Waals surface area (Å²) in [6.07, 6.45) is 0.548. The first kappa shape index (κ1) is 16.8. The lowest BCUT2D eigenvalue weighted by Crippen LogP contribution is -2.40. The Balaban J connectivity index is 4.05. The molecule has 0 N–H and O–H groups in total. The van der Waals surface area contributed by atoms with Crippen LogP contribution in [0.2, 0.25) is 0 Å². The molecule has 0 aromatic rings. The zero-order valence-corrected chi connectivity index (χ0v) is 11.5. The Morgan fingerprint density at radius 2 is 1.29 bits per heavy atom. The first-order chi connectivity index (χ1) is 8.24. The van der Waals surface area contributed by atoms with E-state index in [4.69, 9.17) is 23.7 Å². The molecule has 0 radical (unpaired) electrons. The second kappa shape index (κ2) is 10.9. The molecule has 0 saturated carbocycles. The zero-order valence-electron chi connectivity index (χ0n) is 11.5. The third-order valence-corrected chi connectivity index (χ3v) is 2.08. The summed E-state index contributed by atoms with van der Waals surface area (Å²) in [7, 11) is 1.65. The Labute approximate surface area is 104 Å². The third-order valence-electron chi connectivity index (χ3n) is 2.08. The Morgan fingerprint density at radius 1 is 0.765 bits per heavy atom. The molecule has 0 atom stereocenters. The van der Waals surface area contributed by atoms with E-state index in [2.05, 4.69) is 0 Å². The van der Waals surface area contributed by atoms with Gasteiger partial charge in [-0.2, -0.15) is 0 Å². The quantitative estimate of drug-likeness (QED) is 0.390. The van der Waals surface area contributed by atoms with Crippen LogP contribution in [-0.4, -0.2) is 52.7 Å². The van der Waals surface area contributed by atoms with Gasteiger partial charge in [-0.1, -0.05) is 0 Å². The molecule has 0 spiro atoms. The maximum Gasteiger partial charge on any atom is 0.285 e. The molecule has 0 aliphatic carbocycles. The summed E-state index contributed by atoms with van der Waals surface area (Å²) < 4.78 is 27.0. The van der Waals surface area contributed by atoms with Crippen LogP contribution in [0.3, 0.4) is 0 Å². The van der Waals surface area contributed by atoms with E-state index in [-0.39, 0.29) is 0 Å². The van der Waals surface area contributed by atoms with Gasteiger partial charge in [-0.05, 0) is 20.8 Å². The fourth-order valence-electron chi connectivity index (χ4n) is 1.44. The van der Waals surface area contributed by atoms with Crippen molar-refractivity contribution in [2.45, 2.75) is 33.2 Å². The molecule has 5 nitrogen and oxygen atoms in total. The molecule has 0 rings (SSSR count). The van der Waals surface area contributed by atoms with Crippen LogP contribution in [-0.2, 0) is 23.7 Å². The van der Waals surface area contributed by atoms with Crippen molar-refractivity contribution >= 4 is 0 Å². The largest absolute Gasteiger partial charge is 0.382 e. The molecular weight excluding hydrogens is 224 g/mol. The van der Waals surface area contributed by atoms with E-state index in [1.54, 1.807) is 7.11 Å². The Hall–Kier alpha value is -0.200. The molecule has 0 aromatic heterocycles. The van der Waals surface area contributed by atoms with Gasteiger partial charge in [0.05, 0.1) is 26.2 Å². The lowest BCUT2D eigenvalue weighted by Gasteiger charge is -2.32. The molecule has 17 heavy (non-hydrogen) atoms. The average Bonchev–Trinajstić information content (AvgIpc) is 2.30. The molecule has 104 valence electrons. The molecule has 0 aliphatic rings. The highest BCUT2D eigenvalue weighted by Gasteiger charge is 2.32. The van der Waals surface area contributed by atoms with Crippen molar-refractivity contribution in [2.24, 2.45) is 0 Å². The van der Waals surface area contributed by atoms with E-state index in [0.717, 1.165) is 0 Å². The van der Waals surface area contributed by atoms with Crippen LogP contribution < -0.4 is 0 Å². The number of methoxy groups -OCH3 is 1. The van der Waals surface area contributed by atoms with Gasteiger partial charge in [0.15, 0.2) is 0 Å². The minimum atomic E-state index is -0.967. The highest BCUT2D eigenvalue weighted by Crippen LogP contribution is 2.20. The van der Waals surface area contributed by atoms with Crippen LogP contribution >= 0.6 is 0 Å². The van der Waals surface area contributed by atoms with Gasteiger partial charge >= 0.3 is 0 Å². The molecule has 0 heterocycles. The number of hydrogen-bond acceptors (Lipinski definition) is 5. The molecule has 0 amide bonds. The maximum atomic E-state index is 5.56. The average molecular weight is 250 g/mol. The summed E-state index contributed by atoms with van der Waals surface area (Å²) >= 11 is 0. The van der Waals surface area contributed by atoms with Gasteiger partial charge in [0.2, 0.25) is 0 Å². The van der Waals surface area contributed by atoms with Crippen LogP contribution in [0.1, 0.15) is 27.2 Å². The normalized spacial score (nSPS) is 12.0. The standard InChI is InChI=1S/C12H26O5/c1-5-15-12(16-6-2,17-7-3)8-9-14-11-10-13-4/h5-11H2,1-4H3. The van der Waals surface area contributed by atoms with Crippen molar-refractivity contribution in [3.05, 3.63) is 0 Å². The highest BCUT2D eigenvalue weighted by molar-refractivity contribution is 4.57. The van der Waals surface area contributed by atoms with Gasteiger partial charge in [0.25, 0.3) is 5.97 Å². The molecule has 0 unspecified atom stereocenters. The van der Waals surface area contributed by atoms with Crippen molar-refractivity contribution in [1.29, 1.82) is 0 Å². The monoisotopic (exact) mass is 250 g/mol. The van der Waals surface area contributed by atoms with E-state index in [0.29, 0.717) is 46.1 Å². The number of rotatable bonds is 12. The van der Waals surface area contributed by atoms with Crippen molar-refractivity contribution in [2.75, 3.05) is 46.8 Å². The van der Waals surface area contributed by atoms with Crippen LogP contribution in [0.25, 0.3) is 0 Å². The van der Waals surface area contributed by atoms with E-state index < -0.39 is 5.97 Å². The van der Waals surface area contributed by atoms with E-state index in [9.17, 15) is 0 Å². The SMILES string of the molecule is CCOC(CCOCCOC)(OCC)OCC. The van der Waals surface area contributed by atoms with Crippen LogP contribution in [0.4, 0.5) is 0 Å². The summed E-state index contributed by atoms with van der Waals surface area (Å²) in [4.78, 5) is 0. The zero-order chi connectivity index (χ0) is 13.0. The van der Waals surface area contributed by atoms with Gasteiger partial charge < -0.3 is 23.7 Å². The second-order valence-corrected chi connectivity index (χ2v) is 3.34. The second-order valence-electron chi connectivity index (χ2n) is 3.34. The number of hydrogen-bond donors (Lipinski definition) is 0. The fraction of sp³-hybridized carbons (Fsp3) is 1.00. The van der Waals surface area contributed by atoms with Crippen molar-refractivity contribution in [3.63, 3.8) is 0 Å². The van der Waals surface area contributed by atoms with Crippen molar-refractivity contribution in [1.82, 2.24) is 0 Å². The first-order valence-corrected chi connectivity index (χ1v) is 6.23. The molecule has 0 aromatic carbocycles. The molecule has 0 aliphatic heterocycles. The Kier molecular flexibility index (Phi) is 10.8. The predicted molar refractivity (Wildman–Crippen MR) is 64.9 cm³/mol. The summed E-state index contributed by atoms with van der Waals surface area (Å²) in [5, 5.41) is 0. The fourth-order valence-corrected chi connectivity index (χ4v) is 1.44. The van der Waals surface area contributed by atoms with Crippen molar-refractivity contribution < 1.29 is 23.7 Å². The minimum Gasteiger partial charge on any atom is -0.382 e. The van der Waals surface area contributed by atoms with E-state index in [1.807, 2.05) is 20.8 Å². The molecule has 5 heteroatoms. The molecule has 0 fully saturated rings. The lowest BCUT2D eigenvalue weighted by molar-refractivity contribution is -0.381. The highest BCUT2D eigenvalue weighted by atomic mass is 16.9. The third kappa shape index (κ3) is 7.68. The van der Waals surface area contributed by atoms with Gasteiger partial charge in [0, 0.05) is 26.9 Å². The summed E-state index contributed by atoms with van der Waals surface area (Å²) in [6.45, 7) is 9.04. The van der Waals surface area contributed by atoms with Crippen LogP contribution in [0, 0.1) is 0 Å². The molecule has 0 saturated heterocycles. The van der Waals surface area contributed by atoms with E-state index >= 15 is 0 Å². The van der Waals surface area contributed by atoms with Crippen molar-refractivity contribution in [3.8, 4) is 0 Å². The van der Waals surface area contributed by atoms with Crippen LogP contribution in [0.15, 0.2) is 0 Å². The topological polar surface area (TPSA) is 46.2 Å². The van der Waals surface area contributed by atoms with Crippen LogP contribution in [0.5, 0.6) is 0 Å². The Bertz CT molecular complexity index is 146. The molecule has 0 bridgehead atoms. The molecular formula is C12H26O5. The lowest BCUT2D eigenvalue weighted by atomic mass is 10.3. The summed E-state index contributed by atoms with van der Waals surface area (Å²) in [5.41, 5.74) is 0. The van der Waals surface area contributed by atoms with Gasteiger partial charge in [0.1, 0.15) is 0 Å².